The number of carbonyl (C=O) groups is 2. The molecule has 1 fully saturated rings. The Morgan fingerprint density at radius 2 is 1.91 bits per heavy atom. The summed E-state index contributed by atoms with van der Waals surface area (Å²) in [5.74, 6) is -1.23. The number of rotatable bonds is 9. The first-order chi connectivity index (χ1) is 16.0. The van der Waals surface area contributed by atoms with E-state index in [2.05, 4.69) is 15.5 Å². The third kappa shape index (κ3) is 5.25. The summed E-state index contributed by atoms with van der Waals surface area (Å²) < 4.78 is 14.6. The number of carbonyl (C=O) groups excluding carboxylic acids is 2. The van der Waals surface area contributed by atoms with Gasteiger partial charge >= 0.3 is 0 Å². The summed E-state index contributed by atoms with van der Waals surface area (Å²) in [4.78, 5) is 38.2. The van der Waals surface area contributed by atoms with Gasteiger partial charge in [-0.3, -0.25) is 14.4 Å². The predicted molar refractivity (Wildman–Crippen MR) is 120 cm³/mol. The van der Waals surface area contributed by atoms with Gasteiger partial charge in [0.15, 0.2) is 0 Å². The van der Waals surface area contributed by atoms with Crippen molar-refractivity contribution in [3.63, 3.8) is 0 Å². The molecular weight excluding hydrogens is 427 g/mol. The van der Waals surface area contributed by atoms with Gasteiger partial charge in [-0.15, -0.1) is 0 Å². The summed E-state index contributed by atoms with van der Waals surface area (Å²) in [6.07, 6.45) is 2.04. The molecule has 3 N–H and O–H groups in total. The number of nitrogens with one attached hydrogen (secondary N) is 2. The van der Waals surface area contributed by atoms with Gasteiger partial charge in [-0.2, -0.15) is 5.10 Å². The Bertz CT molecular complexity index is 1240. The van der Waals surface area contributed by atoms with Gasteiger partial charge in [-0.05, 0) is 36.6 Å². The number of H-pyrrole nitrogens is 1. The van der Waals surface area contributed by atoms with Crippen LogP contribution in [0.4, 0.5) is 4.39 Å². The summed E-state index contributed by atoms with van der Waals surface area (Å²) in [5, 5.41) is 19.9. The molecular formula is C24H25FN4O4. The molecule has 3 aromatic rings. The van der Waals surface area contributed by atoms with Gasteiger partial charge in [0.05, 0.1) is 23.3 Å². The van der Waals surface area contributed by atoms with Crippen LogP contribution in [0.25, 0.3) is 10.8 Å². The van der Waals surface area contributed by atoms with Crippen LogP contribution >= 0.6 is 0 Å². The zero-order valence-corrected chi connectivity index (χ0v) is 18.0. The van der Waals surface area contributed by atoms with E-state index in [1.807, 2.05) is 0 Å². The van der Waals surface area contributed by atoms with Crippen LogP contribution in [-0.4, -0.2) is 58.3 Å². The van der Waals surface area contributed by atoms with Gasteiger partial charge in [-0.1, -0.05) is 24.3 Å². The number of benzene rings is 2. The number of fused-ring (bicyclic) bond motifs is 1. The summed E-state index contributed by atoms with van der Waals surface area (Å²) in [6, 6.07) is 11.3. The van der Waals surface area contributed by atoms with E-state index in [1.54, 1.807) is 30.3 Å². The van der Waals surface area contributed by atoms with Crippen LogP contribution in [0, 0.1) is 11.7 Å². The monoisotopic (exact) mass is 452 g/mol. The van der Waals surface area contributed by atoms with Crippen molar-refractivity contribution in [2.75, 3.05) is 26.2 Å². The van der Waals surface area contributed by atoms with E-state index in [1.165, 1.54) is 17.0 Å². The van der Waals surface area contributed by atoms with E-state index in [0.29, 0.717) is 22.0 Å². The maximum Gasteiger partial charge on any atom is 0.272 e. The standard InChI is InChI=1S/C24H25FN4O4/c25-20-8-5-15(14-21-17-3-1-2-4-18(17)23(32)28-27-21)13-19(20)24(33)29(11-12-30)10-9-26-22(31)16-6-7-16/h1-5,8,13,16,30H,6-7,9-12,14H2,(H,26,31)(H,28,32). The van der Waals surface area contributed by atoms with E-state index >= 15 is 0 Å². The maximum absolute atomic E-state index is 14.6. The second-order valence-electron chi connectivity index (χ2n) is 8.12. The molecule has 0 atom stereocenters. The largest absolute Gasteiger partial charge is 0.395 e. The van der Waals surface area contributed by atoms with Crippen molar-refractivity contribution in [1.29, 1.82) is 0 Å². The van der Waals surface area contributed by atoms with Crippen molar-refractivity contribution >= 4 is 22.6 Å². The zero-order valence-electron chi connectivity index (χ0n) is 18.0. The van der Waals surface area contributed by atoms with E-state index in [0.717, 1.165) is 12.8 Å². The molecule has 0 aliphatic heterocycles. The molecule has 1 saturated carbocycles. The molecule has 1 aromatic heterocycles. The number of aliphatic hydroxyl groups excluding tert-OH is 1. The fraction of sp³-hybridized carbons (Fsp3) is 0.333. The highest BCUT2D eigenvalue weighted by Gasteiger charge is 2.29. The van der Waals surface area contributed by atoms with Crippen molar-refractivity contribution in [3.05, 3.63) is 75.5 Å². The number of aliphatic hydroxyl groups is 1. The van der Waals surface area contributed by atoms with Crippen LogP contribution in [0.5, 0.6) is 0 Å². The first kappa shape index (κ1) is 22.6. The van der Waals surface area contributed by atoms with Crippen LogP contribution in [0.15, 0.2) is 47.3 Å². The zero-order chi connectivity index (χ0) is 23.4. The SMILES string of the molecule is O=C(NCCN(CCO)C(=O)c1cc(Cc2n[nH]c(=O)c3ccccc23)ccc1F)C1CC1. The van der Waals surface area contributed by atoms with Crippen molar-refractivity contribution in [2.24, 2.45) is 5.92 Å². The highest BCUT2D eigenvalue weighted by molar-refractivity contribution is 5.95. The van der Waals surface area contributed by atoms with Crippen LogP contribution in [0.2, 0.25) is 0 Å². The quantitative estimate of drug-likeness (QED) is 0.456. The van der Waals surface area contributed by atoms with Gasteiger partial charge in [0.25, 0.3) is 11.5 Å². The van der Waals surface area contributed by atoms with Gasteiger partial charge in [0, 0.05) is 37.4 Å². The van der Waals surface area contributed by atoms with Crippen molar-refractivity contribution in [2.45, 2.75) is 19.3 Å². The fourth-order valence-corrected chi connectivity index (χ4v) is 3.76. The lowest BCUT2D eigenvalue weighted by Gasteiger charge is -2.22. The van der Waals surface area contributed by atoms with Crippen LogP contribution in [0.1, 0.15) is 34.5 Å². The molecule has 172 valence electrons. The number of hydrogen-bond acceptors (Lipinski definition) is 5. The number of halogens is 1. The molecule has 9 heteroatoms. The second kappa shape index (κ2) is 9.91. The number of hydrogen-bond donors (Lipinski definition) is 3. The Labute approximate surface area is 189 Å². The maximum atomic E-state index is 14.6. The molecule has 33 heavy (non-hydrogen) atoms. The Morgan fingerprint density at radius 3 is 2.64 bits per heavy atom. The fourth-order valence-electron chi connectivity index (χ4n) is 3.76. The second-order valence-corrected chi connectivity index (χ2v) is 8.12. The molecule has 1 aliphatic carbocycles. The third-order valence-electron chi connectivity index (χ3n) is 5.69. The summed E-state index contributed by atoms with van der Waals surface area (Å²) >= 11 is 0. The lowest BCUT2D eigenvalue weighted by atomic mass is 10.0. The highest BCUT2D eigenvalue weighted by Crippen LogP contribution is 2.28. The lowest BCUT2D eigenvalue weighted by molar-refractivity contribution is -0.122. The minimum absolute atomic E-state index is 0.0217. The van der Waals surface area contributed by atoms with E-state index < -0.39 is 11.7 Å². The van der Waals surface area contributed by atoms with E-state index in [4.69, 9.17) is 0 Å². The average Bonchev–Trinajstić information content (AvgIpc) is 3.67. The molecule has 0 unspecified atom stereocenters. The van der Waals surface area contributed by atoms with Crippen molar-refractivity contribution in [3.8, 4) is 0 Å². The number of amides is 2. The Hall–Kier alpha value is -3.59. The first-order valence-electron chi connectivity index (χ1n) is 10.9. The number of aromatic nitrogens is 2. The van der Waals surface area contributed by atoms with Gasteiger partial charge < -0.3 is 15.3 Å². The van der Waals surface area contributed by atoms with Crippen LogP contribution in [-0.2, 0) is 11.2 Å². The molecule has 0 bridgehead atoms. The van der Waals surface area contributed by atoms with Gasteiger partial charge in [-0.25, -0.2) is 9.49 Å². The Kier molecular flexibility index (Phi) is 6.79. The van der Waals surface area contributed by atoms with Crippen molar-refractivity contribution < 1.29 is 19.1 Å². The topological polar surface area (TPSA) is 115 Å². The lowest BCUT2D eigenvalue weighted by Crippen LogP contribution is -2.40. The summed E-state index contributed by atoms with van der Waals surface area (Å²) in [6.45, 7) is 0.133. The number of aromatic amines is 1. The van der Waals surface area contributed by atoms with Gasteiger partial charge in [0.1, 0.15) is 5.82 Å². The van der Waals surface area contributed by atoms with Gasteiger partial charge in [0.2, 0.25) is 5.91 Å². The smallest absolute Gasteiger partial charge is 0.272 e. The van der Waals surface area contributed by atoms with Crippen LogP contribution < -0.4 is 10.9 Å². The first-order valence-corrected chi connectivity index (χ1v) is 10.9. The Morgan fingerprint density at radius 1 is 1.15 bits per heavy atom. The number of nitrogens with zero attached hydrogens (tertiary/aromatic N) is 2. The normalized spacial score (nSPS) is 13.2. The minimum atomic E-state index is -0.673. The molecule has 0 saturated heterocycles. The van der Waals surface area contributed by atoms with Crippen molar-refractivity contribution in [1.82, 2.24) is 20.4 Å². The summed E-state index contributed by atoms with van der Waals surface area (Å²) in [5.41, 5.74) is 0.835. The predicted octanol–water partition coefficient (Wildman–Crippen LogP) is 1.61. The van der Waals surface area contributed by atoms with E-state index in [-0.39, 0.29) is 55.6 Å². The molecule has 4 rings (SSSR count). The van der Waals surface area contributed by atoms with E-state index in [9.17, 15) is 23.9 Å². The molecule has 8 nitrogen and oxygen atoms in total. The highest BCUT2D eigenvalue weighted by atomic mass is 19.1. The van der Waals surface area contributed by atoms with Crippen LogP contribution in [0.3, 0.4) is 0 Å². The molecule has 0 radical (unpaired) electrons. The average molecular weight is 452 g/mol. The Balaban J connectivity index is 1.53. The third-order valence-corrected chi connectivity index (χ3v) is 5.69. The molecule has 2 aromatic carbocycles. The molecule has 1 aliphatic rings. The molecule has 1 heterocycles. The molecule has 0 spiro atoms. The summed E-state index contributed by atoms with van der Waals surface area (Å²) in [7, 11) is 0. The molecule has 2 amide bonds. The minimum Gasteiger partial charge on any atom is -0.395 e.